The van der Waals surface area contributed by atoms with E-state index in [1.807, 2.05) is 13.8 Å². The Kier molecular flexibility index (Phi) is 5.80. The van der Waals surface area contributed by atoms with E-state index in [4.69, 9.17) is 0 Å². The van der Waals surface area contributed by atoms with Gasteiger partial charge >= 0.3 is 0 Å². The van der Waals surface area contributed by atoms with Gasteiger partial charge in [-0.25, -0.2) is 4.39 Å². The minimum absolute atomic E-state index is 0.0167. The number of carbonyl (C=O) groups is 1. The summed E-state index contributed by atoms with van der Waals surface area (Å²) in [5.41, 5.74) is 0.0167. The van der Waals surface area contributed by atoms with Gasteiger partial charge in [-0.05, 0) is 32.4 Å². The number of unbranched alkanes of at least 4 members (excludes halogenated alkanes) is 2. The van der Waals surface area contributed by atoms with Crippen LogP contribution in [0.25, 0.3) is 0 Å². The van der Waals surface area contributed by atoms with E-state index < -0.39 is 5.82 Å². The van der Waals surface area contributed by atoms with E-state index in [-0.39, 0.29) is 23.3 Å². The lowest BCUT2D eigenvalue weighted by atomic mass is 10.1. The fraction of sp³-hybridized carbons (Fsp3) is 0.533. The third kappa shape index (κ3) is 4.23. The normalized spacial score (nSPS) is 10.8. The number of aromatic hydroxyl groups is 1. The molecule has 106 valence electrons. The average Bonchev–Trinajstić information content (AvgIpc) is 2.33. The number of amides is 1. The molecular weight excluding hydrogens is 245 g/mol. The van der Waals surface area contributed by atoms with Gasteiger partial charge in [0.05, 0.1) is 5.56 Å². The SMILES string of the molecule is CCCCCN(C(=O)c1ccc(O)cc1F)C(C)C. The molecule has 0 aliphatic carbocycles. The number of nitrogens with zero attached hydrogens (tertiary/aromatic N) is 1. The molecular formula is C15H22FNO2. The quantitative estimate of drug-likeness (QED) is 0.800. The number of rotatable bonds is 6. The van der Waals surface area contributed by atoms with Gasteiger partial charge in [-0.3, -0.25) is 4.79 Å². The van der Waals surface area contributed by atoms with E-state index in [1.54, 1.807) is 4.90 Å². The molecule has 1 rings (SSSR count). The molecule has 0 atom stereocenters. The van der Waals surface area contributed by atoms with Gasteiger partial charge in [0.2, 0.25) is 0 Å². The van der Waals surface area contributed by atoms with Gasteiger partial charge in [-0.2, -0.15) is 0 Å². The van der Waals surface area contributed by atoms with Crippen LogP contribution >= 0.6 is 0 Å². The van der Waals surface area contributed by atoms with E-state index in [2.05, 4.69) is 6.92 Å². The highest BCUT2D eigenvalue weighted by Crippen LogP contribution is 2.18. The molecule has 0 aromatic heterocycles. The number of halogens is 1. The average molecular weight is 267 g/mol. The lowest BCUT2D eigenvalue weighted by molar-refractivity contribution is 0.0697. The molecule has 0 radical (unpaired) electrons. The maximum atomic E-state index is 13.7. The summed E-state index contributed by atoms with van der Waals surface area (Å²) in [5, 5.41) is 9.18. The summed E-state index contributed by atoms with van der Waals surface area (Å²) in [5.74, 6) is -1.16. The summed E-state index contributed by atoms with van der Waals surface area (Å²) >= 11 is 0. The molecule has 0 fully saturated rings. The minimum atomic E-state index is -0.675. The van der Waals surface area contributed by atoms with Crippen molar-refractivity contribution < 1.29 is 14.3 Å². The molecule has 0 saturated carbocycles. The Morgan fingerprint density at radius 1 is 1.37 bits per heavy atom. The van der Waals surface area contributed by atoms with Crippen LogP contribution in [0.15, 0.2) is 18.2 Å². The zero-order valence-corrected chi connectivity index (χ0v) is 11.8. The fourth-order valence-electron chi connectivity index (χ4n) is 1.96. The second kappa shape index (κ2) is 7.12. The molecule has 4 heteroatoms. The Labute approximate surface area is 114 Å². The van der Waals surface area contributed by atoms with E-state index >= 15 is 0 Å². The van der Waals surface area contributed by atoms with Crippen molar-refractivity contribution in [3.05, 3.63) is 29.6 Å². The Balaban J connectivity index is 2.86. The van der Waals surface area contributed by atoms with Crippen molar-refractivity contribution in [1.82, 2.24) is 4.90 Å². The first-order valence-electron chi connectivity index (χ1n) is 6.76. The topological polar surface area (TPSA) is 40.5 Å². The number of benzene rings is 1. The highest BCUT2D eigenvalue weighted by molar-refractivity contribution is 5.94. The summed E-state index contributed by atoms with van der Waals surface area (Å²) in [6.45, 7) is 6.57. The second-order valence-corrected chi connectivity index (χ2v) is 4.96. The molecule has 0 unspecified atom stereocenters. The number of phenols is 1. The molecule has 1 aromatic carbocycles. The van der Waals surface area contributed by atoms with E-state index in [0.29, 0.717) is 6.54 Å². The summed E-state index contributed by atoms with van der Waals surface area (Å²) in [7, 11) is 0. The molecule has 0 saturated heterocycles. The smallest absolute Gasteiger partial charge is 0.257 e. The van der Waals surface area contributed by atoms with Crippen molar-refractivity contribution in [2.75, 3.05) is 6.54 Å². The van der Waals surface area contributed by atoms with Crippen molar-refractivity contribution in [2.45, 2.75) is 46.1 Å². The van der Waals surface area contributed by atoms with Gasteiger partial charge in [-0.1, -0.05) is 19.8 Å². The highest BCUT2D eigenvalue weighted by atomic mass is 19.1. The van der Waals surface area contributed by atoms with Crippen LogP contribution < -0.4 is 0 Å². The first-order chi connectivity index (χ1) is 8.97. The fourth-order valence-corrected chi connectivity index (χ4v) is 1.96. The van der Waals surface area contributed by atoms with E-state index in [0.717, 1.165) is 25.3 Å². The molecule has 0 spiro atoms. The summed E-state index contributed by atoms with van der Waals surface area (Å²) in [6, 6.07) is 3.67. The predicted octanol–water partition coefficient (Wildman–Crippen LogP) is 3.57. The highest BCUT2D eigenvalue weighted by Gasteiger charge is 2.21. The lowest BCUT2D eigenvalue weighted by Crippen LogP contribution is -2.38. The maximum absolute atomic E-state index is 13.7. The van der Waals surface area contributed by atoms with Crippen molar-refractivity contribution in [2.24, 2.45) is 0 Å². The Bertz CT molecular complexity index is 432. The molecule has 3 nitrogen and oxygen atoms in total. The predicted molar refractivity (Wildman–Crippen MR) is 73.8 cm³/mol. The molecule has 1 amide bonds. The Morgan fingerprint density at radius 3 is 2.58 bits per heavy atom. The van der Waals surface area contributed by atoms with Crippen molar-refractivity contribution in [3.8, 4) is 5.75 Å². The van der Waals surface area contributed by atoms with Crippen molar-refractivity contribution in [1.29, 1.82) is 0 Å². The molecule has 1 aromatic rings. The van der Waals surface area contributed by atoms with Gasteiger partial charge in [0.1, 0.15) is 11.6 Å². The lowest BCUT2D eigenvalue weighted by Gasteiger charge is -2.27. The Morgan fingerprint density at radius 2 is 2.05 bits per heavy atom. The zero-order valence-electron chi connectivity index (χ0n) is 11.8. The summed E-state index contributed by atoms with van der Waals surface area (Å²) in [4.78, 5) is 14.0. The van der Waals surface area contributed by atoms with Crippen LogP contribution in [0, 0.1) is 5.82 Å². The maximum Gasteiger partial charge on any atom is 0.257 e. The van der Waals surface area contributed by atoms with Crippen LogP contribution in [0.2, 0.25) is 0 Å². The van der Waals surface area contributed by atoms with Gasteiger partial charge < -0.3 is 10.0 Å². The third-order valence-electron chi connectivity index (χ3n) is 3.07. The zero-order chi connectivity index (χ0) is 14.4. The minimum Gasteiger partial charge on any atom is -0.508 e. The van der Waals surface area contributed by atoms with Gasteiger partial charge in [0.25, 0.3) is 5.91 Å². The molecule has 0 aliphatic rings. The number of carbonyl (C=O) groups excluding carboxylic acids is 1. The van der Waals surface area contributed by atoms with Crippen LogP contribution in [0.5, 0.6) is 5.75 Å². The first kappa shape index (κ1) is 15.5. The standard InChI is InChI=1S/C15H22FNO2/c1-4-5-6-9-17(11(2)3)15(19)13-8-7-12(18)10-14(13)16/h7-8,10-11,18H,4-6,9H2,1-3H3. The summed E-state index contributed by atoms with van der Waals surface area (Å²) < 4.78 is 13.7. The monoisotopic (exact) mass is 267 g/mol. The largest absolute Gasteiger partial charge is 0.508 e. The molecule has 0 bridgehead atoms. The Hall–Kier alpha value is -1.58. The van der Waals surface area contributed by atoms with E-state index in [9.17, 15) is 14.3 Å². The molecule has 19 heavy (non-hydrogen) atoms. The van der Waals surface area contributed by atoms with Gasteiger partial charge in [0, 0.05) is 18.7 Å². The second-order valence-electron chi connectivity index (χ2n) is 4.96. The molecule has 0 heterocycles. The number of phenolic OH excluding ortho intramolecular Hbond substituents is 1. The summed E-state index contributed by atoms with van der Waals surface area (Å²) in [6.07, 6.45) is 3.04. The molecule has 0 aliphatic heterocycles. The third-order valence-corrected chi connectivity index (χ3v) is 3.07. The van der Waals surface area contributed by atoms with Crippen LogP contribution in [-0.2, 0) is 0 Å². The molecule has 1 N–H and O–H groups in total. The van der Waals surface area contributed by atoms with Crippen LogP contribution in [0.3, 0.4) is 0 Å². The first-order valence-corrected chi connectivity index (χ1v) is 6.76. The van der Waals surface area contributed by atoms with Crippen molar-refractivity contribution in [3.63, 3.8) is 0 Å². The number of hydrogen-bond donors (Lipinski definition) is 1. The van der Waals surface area contributed by atoms with Crippen LogP contribution in [-0.4, -0.2) is 28.5 Å². The van der Waals surface area contributed by atoms with Gasteiger partial charge in [-0.15, -0.1) is 0 Å². The van der Waals surface area contributed by atoms with Crippen LogP contribution in [0.1, 0.15) is 50.4 Å². The van der Waals surface area contributed by atoms with Gasteiger partial charge in [0.15, 0.2) is 0 Å². The van der Waals surface area contributed by atoms with E-state index in [1.165, 1.54) is 12.1 Å². The van der Waals surface area contributed by atoms with Crippen molar-refractivity contribution >= 4 is 5.91 Å². The number of hydrogen-bond acceptors (Lipinski definition) is 2. The van der Waals surface area contributed by atoms with Crippen LogP contribution in [0.4, 0.5) is 4.39 Å².